The van der Waals surface area contributed by atoms with E-state index in [0.717, 1.165) is 32.1 Å². The SMILES string of the molecule is CCC(C)(C)C(=O)OC(C)(C)C1CCCCC1.CCC(C)(C)C(=O)OC1C2CC3C(=O)OC1C3C2.CCC(C)c1ccc(O)cc1. The monoisotopic (exact) mass is 642 g/mol. The highest BCUT2D eigenvalue weighted by atomic mass is 16.6. The lowest BCUT2D eigenvalue weighted by Gasteiger charge is -2.38. The number of aromatic hydroxyl groups is 1. The maximum Gasteiger partial charge on any atom is 0.312 e. The van der Waals surface area contributed by atoms with Gasteiger partial charge in [-0.2, -0.15) is 0 Å². The van der Waals surface area contributed by atoms with Crippen LogP contribution in [0, 0.1) is 34.5 Å². The molecule has 260 valence electrons. The van der Waals surface area contributed by atoms with Gasteiger partial charge in [0.25, 0.3) is 0 Å². The first kappa shape index (κ1) is 37.9. The van der Waals surface area contributed by atoms with Gasteiger partial charge in [-0.05, 0) is 116 Å². The fourth-order valence-electron chi connectivity index (χ4n) is 6.93. The maximum atomic E-state index is 12.1. The van der Waals surface area contributed by atoms with Crippen LogP contribution < -0.4 is 0 Å². The van der Waals surface area contributed by atoms with Gasteiger partial charge in [0.15, 0.2) is 0 Å². The third-order valence-corrected chi connectivity index (χ3v) is 11.5. The fraction of sp³-hybridized carbons (Fsp3) is 0.769. The Hall–Kier alpha value is -2.57. The standard InChI is InChI=1S/C15H28O2.C14H20O4.C10H14O/c1-6-14(2,3)13(16)17-15(4,5)12-10-8-7-9-11-12;1-4-14(2,3)13(16)18-10-7-5-8-9(6-7)12(15)17-11(8)10;1-3-8(2)9-4-6-10(11)7-5-9/h12H,6-11H2,1-5H3;7-11H,4-6H2,1-3H3;4-8,11H,3H2,1-2H3. The van der Waals surface area contributed by atoms with E-state index in [1.807, 2.05) is 53.7 Å². The van der Waals surface area contributed by atoms with Crippen molar-refractivity contribution in [1.29, 1.82) is 0 Å². The predicted octanol–water partition coefficient (Wildman–Crippen LogP) is 9.15. The van der Waals surface area contributed by atoms with Gasteiger partial charge in [0.2, 0.25) is 0 Å². The lowest BCUT2D eigenvalue weighted by atomic mass is 9.78. The number of rotatable bonds is 9. The van der Waals surface area contributed by atoms with E-state index in [2.05, 4.69) is 27.7 Å². The molecule has 1 N–H and O–H groups in total. The van der Waals surface area contributed by atoms with Crippen LogP contribution >= 0.6 is 0 Å². The number of phenolic OH excluding ortho intramolecular Hbond substituents is 1. The highest BCUT2D eigenvalue weighted by Crippen LogP contribution is 2.55. The molecular weight excluding hydrogens is 580 g/mol. The lowest BCUT2D eigenvalue weighted by Crippen LogP contribution is -2.41. The van der Waals surface area contributed by atoms with Crippen molar-refractivity contribution >= 4 is 17.9 Å². The van der Waals surface area contributed by atoms with Crippen molar-refractivity contribution in [2.24, 2.45) is 34.5 Å². The fourth-order valence-corrected chi connectivity index (χ4v) is 6.93. The van der Waals surface area contributed by atoms with Gasteiger partial charge in [-0.3, -0.25) is 14.4 Å². The van der Waals surface area contributed by atoms with Crippen LogP contribution in [-0.2, 0) is 28.6 Å². The van der Waals surface area contributed by atoms with E-state index in [1.165, 1.54) is 37.7 Å². The van der Waals surface area contributed by atoms with Gasteiger partial charge in [0.05, 0.1) is 16.7 Å². The average Bonchev–Trinajstić information content (AvgIpc) is 3.67. The molecule has 5 rings (SSSR count). The summed E-state index contributed by atoms with van der Waals surface area (Å²) in [6.45, 7) is 20.2. The van der Waals surface area contributed by atoms with E-state index in [4.69, 9.17) is 19.3 Å². The van der Waals surface area contributed by atoms with Gasteiger partial charge in [0, 0.05) is 11.8 Å². The number of hydrogen-bond donors (Lipinski definition) is 1. The second-order valence-electron chi connectivity index (χ2n) is 16.0. The van der Waals surface area contributed by atoms with Gasteiger partial charge in [0.1, 0.15) is 23.6 Å². The summed E-state index contributed by atoms with van der Waals surface area (Å²) in [5.41, 5.74) is 0.185. The van der Waals surface area contributed by atoms with Gasteiger partial charge < -0.3 is 19.3 Å². The zero-order valence-electron chi connectivity index (χ0n) is 30.3. The molecule has 4 fully saturated rings. The lowest BCUT2D eigenvalue weighted by molar-refractivity contribution is -0.174. The number of phenols is 1. The Balaban J connectivity index is 0.000000194. The Morgan fingerprint density at radius 2 is 1.46 bits per heavy atom. The van der Waals surface area contributed by atoms with Crippen LogP contribution in [0.5, 0.6) is 5.75 Å². The second-order valence-corrected chi connectivity index (χ2v) is 16.0. The molecule has 0 spiro atoms. The first-order valence-electron chi connectivity index (χ1n) is 17.9. The molecule has 2 bridgehead atoms. The summed E-state index contributed by atoms with van der Waals surface area (Å²) in [7, 11) is 0. The van der Waals surface area contributed by atoms with E-state index >= 15 is 0 Å². The summed E-state index contributed by atoms with van der Waals surface area (Å²) < 4.78 is 16.8. The number of carbonyl (C=O) groups excluding carboxylic acids is 3. The second kappa shape index (κ2) is 15.6. The van der Waals surface area contributed by atoms with Crippen molar-refractivity contribution in [3.63, 3.8) is 0 Å². The van der Waals surface area contributed by atoms with Crippen LogP contribution in [0.1, 0.15) is 145 Å². The highest BCUT2D eigenvalue weighted by molar-refractivity contribution is 5.78. The topological polar surface area (TPSA) is 99.1 Å². The minimum Gasteiger partial charge on any atom is -0.508 e. The van der Waals surface area contributed by atoms with Crippen LogP contribution in [0.15, 0.2) is 24.3 Å². The molecule has 7 nitrogen and oxygen atoms in total. The quantitative estimate of drug-likeness (QED) is 0.212. The summed E-state index contributed by atoms with van der Waals surface area (Å²) in [6, 6.07) is 7.43. The van der Waals surface area contributed by atoms with Crippen molar-refractivity contribution < 1.29 is 33.7 Å². The van der Waals surface area contributed by atoms with Crippen LogP contribution in [0.25, 0.3) is 0 Å². The molecule has 3 aliphatic carbocycles. The first-order chi connectivity index (χ1) is 21.5. The molecule has 0 amide bonds. The maximum absolute atomic E-state index is 12.1. The zero-order valence-corrected chi connectivity index (χ0v) is 30.3. The Morgan fingerprint density at radius 3 is 2.00 bits per heavy atom. The molecule has 1 saturated heterocycles. The molecule has 1 aromatic carbocycles. The van der Waals surface area contributed by atoms with E-state index in [-0.39, 0.29) is 47.0 Å². The molecule has 0 aromatic heterocycles. The Labute approximate surface area is 278 Å². The summed E-state index contributed by atoms with van der Waals surface area (Å²) in [6.07, 6.45) is 10.5. The Kier molecular flexibility index (Phi) is 12.8. The summed E-state index contributed by atoms with van der Waals surface area (Å²) >= 11 is 0. The van der Waals surface area contributed by atoms with Gasteiger partial charge >= 0.3 is 17.9 Å². The van der Waals surface area contributed by atoms with E-state index in [1.54, 1.807) is 12.1 Å². The third-order valence-electron chi connectivity index (χ3n) is 11.5. The minimum absolute atomic E-state index is 0.0458. The van der Waals surface area contributed by atoms with Crippen LogP contribution in [0.2, 0.25) is 0 Å². The third kappa shape index (κ3) is 9.07. The first-order valence-corrected chi connectivity index (χ1v) is 17.9. The number of ether oxygens (including phenoxy) is 3. The molecule has 7 heteroatoms. The van der Waals surface area contributed by atoms with Crippen molar-refractivity contribution in [1.82, 2.24) is 0 Å². The normalized spacial score (nSPS) is 26.2. The minimum atomic E-state index is -0.455. The van der Waals surface area contributed by atoms with E-state index in [9.17, 15) is 14.4 Å². The molecule has 1 aliphatic heterocycles. The number of carbonyl (C=O) groups is 3. The van der Waals surface area contributed by atoms with Crippen molar-refractivity contribution in [2.45, 2.75) is 157 Å². The summed E-state index contributed by atoms with van der Waals surface area (Å²) in [5.74, 6) is 1.88. The molecule has 4 aliphatic rings. The van der Waals surface area contributed by atoms with Crippen molar-refractivity contribution in [2.75, 3.05) is 0 Å². The predicted molar refractivity (Wildman–Crippen MR) is 181 cm³/mol. The number of fused-ring (bicyclic) bond motifs is 1. The molecule has 1 heterocycles. The molecule has 6 unspecified atom stereocenters. The molecule has 46 heavy (non-hydrogen) atoms. The Morgan fingerprint density at radius 1 is 0.891 bits per heavy atom. The summed E-state index contributed by atoms with van der Waals surface area (Å²) in [4.78, 5) is 35.9. The summed E-state index contributed by atoms with van der Waals surface area (Å²) in [5, 5.41) is 9.01. The van der Waals surface area contributed by atoms with Gasteiger partial charge in [-0.25, -0.2) is 0 Å². The number of benzene rings is 1. The zero-order chi connectivity index (χ0) is 34.4. The average molecular weight is 643 g/mol. The van der Waals surface area contributed by atoms with Crippen molar-refractivity contribution in [3.8, 4) is 5.75 Å². The molecule has 3 saturated carbocycles. The van der Waals surface area contributed by atoms with Crippen LogP contribution in [-0.4, -0.2) is 40.8 Å². The number of esters is 3. The van der Waals surface area contributed by atoms with Crippen LogP contribution in [0.4, 0.5) is 0 Å². The Bertz CT molecular complexity index is 1160. The van der Waals surface area contributed by atoms with Crippen LogP contribution in [0.3, 0.4) is 0 Å². The smallest absolute Gasteiger partial charge is 0.312 e. The highest BCUT2D eigenvalue weighted by Gasteiger charge is 2.63. The largest absolute Gasteiger partial charge is 0.508 e. The molecule has 1 aromatic rings. The number of hydrogen-bond acceptors (Lipinski definition) is 7. The van der Waals surface area contributed by atoms with E-state index < -0.39 is 5.41 Å². The van der Waals surface area contributed by atoms with Gasteiger partial charge in [-0.15, -0.1) is 0 Å². The van der Waals surface area contributed by atoms with Gasteiger partial charge in [-0.1, -0.05) is 59.1 Å². The van der Waals surface area contributed by atoms with Crippen molar-refractivity contribution in [3.05, 3.63) is 29.8 Å². The molecular formula is C39H62O7. The molecule has 0 radical (unpaired) electrons. The molecule has 6 atom stereocenters. The van der Waals surface area contributed by atoms with E-state index in [0.29, 0.717) is 29.4 Å².